The van der Waals surface area contributed by atoms with E-state index in [9.17, 15) is 4.79 Å². The second-order valence-corrected chi connectivity index (χ2v) is 8.13. The van der Waals surface area contributed by atoms with Crippen LogP contribution < -0.4 is 16.4 Å². The third-order valence-corrected chi connectivity index (χ3v) is 6.75. The molecule has 7 nitrogen and oxygen atoms in total. The van der Waals surface area contributed by atoms with Crippen molar-refractivity contribution >= 4 is 11.7 Å². The Bertz CT molecular complexity index is 664. The van der Waals surface area contributed by atoms with Crippen molar-refractivity contribution in [3.8, 4) is 0 Å². The molecule has 148 valence electrons. The molecule has 4 rings (SSSR count). The average Bonchev–Trinajstić information content (AvgIpc) is 2.73. The van der Waals surface area contributed by atoms with Gasteiger partial charge in [0.25, 0.3) is 0 Å². The molecule has 7 heteroatoms. The van der Waals surface area contributed by atoms with Crippen molar-refractivity contribution in [2.45, 2.75) is 38.3 Å². The first kappa shape index (κ1) is 18.7. The fraction of sp³-hybridized carbons (Fsp3) is 0.700. The number of carbonyl (C=O) groups is 1. The largest absolute Gasteiger partial charge is 0.383 e. The van der Waals surface area contributed by atoms with Gasteiger partial charge in [-0.15, -0.1) is 0 Å². The molecular formula is C20H31N5O2. The smallest absolute Gasteiger partial charge is 0.228 e. The summed E-state index contributed by atoms with van der Waals surface area (Å²) in [5.74, 6) is 1.10. The quantitative estimate of drug-likeness (QED) is 0.722. The van der Waals surface area contributed by atoms with Crippen molar-refractivity contribution in [2.75, 3.05) is 45.1 Å². The van der Waals surface area contributed by atoms with E-state index in [1.165, 1.54) is 0 Å². The van der Waals surface area contributed by atoms with Crippen LogP contribution in [0, 0.1) is 11.3 Å². The number of fused-ring (bicyclic) bond motifs is 1. The molecule has 1 amide bonds. The van der Waals surface area contributed by atoms with Crippen LogP contribution in [-0.4, -0.2) is 61.2 Å². The van der Waals surface area contributed by atoms with Gasteiger partial charge in [-0.3, -0.25) is 9.69 Å². The first-order chi connectivity index (χ1) is 13.2. The normalized spacial score (nSPS) is 31.9. The van der Waals surface area contributed by atoms with Crippen molar-refractivity contribution in [2.24, 2.45) is 11.3 Å². The van der Waals surface area contributed by atoms with Gasteiger partial charge in [0.2, 0.25) is 5.91 Å². The standard InChI is InChI=1S/C20H31N5O2/c21-18-15(2-1-6-23-18)13-24-19(26)20-5-3-17(25-8-10-27-11-9-25)12-16(20)4-7-22-14-20/h1-2,6,16-17,22H,3-5,7-14H2,(H2,21,23)(H,24,26)/t16-,17+,20-/m1/s1. The minimum Gasteiger partial charge on any atom is -0.383 e. The summed E-state index contributed by atoms with van der Waals surface area (Å²) in [7, 11) is 0. The Labute approximate surface area is 161 Å². The number of amides is 1. The number of nitrogens with zero attached hydrogens (tertiary/aromatic N) is 2. The third-order valence-electron chi connectivity index (χ3n) is 6.75. The lowest BCUT2D eigenvalue weighted by molar-refractivity contribution is -0.140. The number of aromatic nitrogens is 1. The molecule has 0 bridgehead atoms. The number of nitrogens with one attached hydrogen (secondary N) is 2. The third kappa shape index (κ3) is 3.81. The Hall–Kier alpha value is -1.70. The Morgan fingerprint density at radius 3 is 3.07 bits per heavy atom. The number of carbonyl (C=O) groups excluding carboxylic acids is 1. The predicted octanol–water partition coefficient (Wildman–Crippen LogP) is 0.761. The highest BCUT2D eigenvalue weighted by Gasteiger charge is 2.50. The zero-order chi connectivity index (χ0) is 18.7. The second kappa shape index (κ2) is 8.12. The van der Waals surface area contributed by atoms with Gasteiger partial charge in [0.05, 0.1) is 18.6 Å². The van der Waals surface area contributed by atoms with Gasteiger partial charge in [0.1, 0.15) is 5.82 Å². The maximum atomic E-state index is 13.3. The van der Waals surface area contributed by atoms with E-state index in [4.69, 9.17) is 10.5 Å². The van der Waals surface area contributed by atoms with Gasteiger partial charge in [-0.2, -0.15) is 0 Å². The minimum absolute atomic E-state index is 0.170. The van der Waals surface area contributed by atoms with Crippen LogP contribution in [0.25, 0.3) is 0 Å². The molecule has 4 N–H and O–H groups in total. The Balaban J connectivity index is 1.43. The van der Waals surface area contributed by atoms with E-state index in [0.717, 1.165) is 70.6 Å². The topological polar surface area (TPSA) is 92.5 Å². The number of hydrogen-bond acceptors (Lipinski definition) is 6. The number of hydrogen-bond donors (Lipinski definition) is 3. The van der Waals surface area contributed by atoms with E-state index in [0.29, 0.717) is 24.3 Å². The summed E-state index contributed by atoms with van der Waals surface area (Å²) in [6.07, 6.45) is 5.89. The zero-order valence-electron chi connectivity index (χ0n) is 16.0. The fourth-order valence-electron chi connectivity index (χ4n) is 5.12. The number of nitrogen functional groups attached to an aromatic ring is 1. The Morgan fingerprint density at radius 1 is 1.41 bits per heavy atom. The first-order valence-electron chi connectivity index (χ1n) is 10.2. The number of nitrogens with two attached hydrogens (primary N) is 1. The second-order valence-electron chi connectivity index (χ2n) is 8.13. The lowest BCUT2D eigenvalue weighted by Gasteiger charge is -2.50. The highest BCUT2D eigenvalue weighted by atomic mass is 16.5. The highest BCUT2D eigenvalue weighted by molar-refractivity contribution is 5.83. The van der Waals surface area contributed by atoms with Crippen molar-refractivity contribution in [3.05, 3.63) is 23.9 Å². The minimum atomic E-state index is -0.294. The SMILES string of the molecule is Nc1ncccc1CNC(=O)[C@@]12CC[C@H](N3CCOCC3)C[C@H]1CCNC2. The number of rotatable bonds is 4. The number of anilines is 1. The molecule has 3 fully saturated rings. The molecule has 0 radical (unpaired) electrons. The molecule has 1 aliphatic carbocycles. The molecule has 0 unspecified atom stereocenters. The van der Waals surface area contributed by atoms with Crippen LogP contribution in [0.1, 0.15) is 31.2 Å². The number of ether oxygens (including phenoxy) is 1. The lowest BCUT2D eigenvalue weighted by Crippen LogP contribution is -2.60. The van der Waals surface area contributed by atoms with Crippen LogP contribution in [0.4, 0.5) is 5.82 Å². The summed E-state index contributed by atoms with van der Waals surface area (Å²) in [4.78, 5) is 20.0. The molecule has 0 aromatic carbocycles. The molecular weight excluding hydrogens is 342 g/mol. The molecule has 1 aromatic rings. The van der Waals surface area contributed by atoms with E-state index < -0.39 is 0 Å². The van der Waals surface area contributed by atoms with Crippen LogP contribution in [0.2, 0.25) is 0 Å². The van der Waals surface area contributed by atoms with Crippen LogP contribution in [0.15, 0.2) is 18.3 Å². The summed E-state index contributed by atoms with van der Waals surface area (Å²) in [6.45, 7) is 5.94. The maximum Gasteiger partial charge on any atom is 0.228 e. The van der Waals surface area contributed by atoms with E-state index in [1.807, 2.05) is 12.1 Å². The summed E-state index contributed by atoms with van der Waals surface area (Å²) in [5, 5.41) is 6.64. The van der Waals surface area contributed by atoms with Crippen molar-refractivity contribution in [1.29, 1.82) is 0 Å². The molecule has 0 spiro atoms. The van der Waals surface area contributed by atoms with E-state index in [2.05, 4.69) is 20.5 Å². The van der Waals surface area contributed by atoms with E-state index >= 15 is 0 Å². The van der Waals surface area contributed by atoms with Crippen molar-refractivity contribution in [3.63, 3.8) is 0 Å². The van der Waals surface area contributed by atoms with Crippen LogP contribution in [0.5, 0.6) is 0 Å². The van der Waals surface area contributed by atoms with E-state index in [1.54, 1.807) is 6.20 Å². The van der Waals surface area contributed by atoms with Crippen molar-refractivity contribution < 1.29 is 9.53 Å². The maximum absolute atomic E-state index is 13.3. The first-order valence-corrected chi connectivity index (χ1v) is 10.2. The molecule has 3 heterocycles. The monoisotopic (exact) mass is 373 g/mol. The Morgan fingerprint density at radius 2 is 2.26 bits per heavy atom. The van der Waals surface area contributed by atoms with E-state index in [-0.39, 0.29) is 11.3 Å². The number of pyridine rings is 1. The van der Waals surface area contributed by atoms with Gasteiger partial charge < -0.3 is 21.1 Å². The molecule has 2 aliphatic heterocycles. The predicted molar refractivity (Wildman–Crippen MR) is 104 cm³/mol. The molecule has 27 heavy (non-hydrogen) atoms. The number of morpholine rings is 1. The average molecular weight is 374 g/mol. The Kier molecular flexibility index (Phi) is 5.61. The van der Waals surface area contributed by atoms with Gasteiger partial charge in [-0.1, -0.05) is 6.07 Å². The van der Waals surface area contributed by atoms with Gasteiger partial charge in [0, 0.05) is 44.0 Å². The number of piperidine rings is 1. The molecule has 1 aromatic heterocycles. The van der Waals surface area contributed by atoms with Gasteiger partial charge in [0.15, 0.2) is 0 Å². The van der Waals surface area contributed by atoms with Gasteiger partial charge in [-0.05, 0) is 44.2 Å². The lowest BCUT2D eigenvalue weighted by atomic mass is 9.61. The summed E-state index contributed by atoms with van der Waals surface area (Å²) in [5.41, 5.74) is 6.51. The summed E-state index contributed by atoms with van der Waals surface area (Å²) < 4.78 is 5.51. The van der Waals surface area contributed by atoms with Crippen LogP contribution >= 0.6 is 0 Å². The molecule has 3 atom stereocenters. The van der Waals surface area contributed by atoms with Crippen LogP contribution in [-0.2, 0) is 16.1 Å². The molecule has 1 saturated carbocycles. The van der Waals surface area contributed by atoms with Crippen molar-refractivity contribution in [1.82, 2.24) is 20.5 Å². The fourth-order valence-corrected chi connectivity index (χ4v) is 5.12. The van der Waals surface area contributed by atoms with Gasteiger partial charge in [-0.25, -0.2) is 4.98 Å². The molecule has 3 aliphatic rings. The highest BCUT2D eigenvalue weighted by Crippen LogP contribution is 2.46. The van der Waals surface area contributed by atoms with Gasteiger partial charge >= 0.3 is 0 Å². The van der Waals surface area contributed by atoms with Crippen LogP contribution in [0.3, 0.4) is 0 Å². The summed E-state index contributed by atoms with van der Waals surface area (Å²) >= 11 is 0. The zero-order valence-corrected chi connectivity index (χ0v) is 16.0. The molecule has 2 saturated heterocycles. The summed E-state index contributed by atoms with van der Waals surface area (Å²) in [6, 6.07) is 4.37.